The number of carbonyl (C=O) groups is 1. The fourth-order valence-corrected chi connectivity index (χ4v) is 3.73. The first kappa shape index (κ1) is 18.4. The molecule has 0 aliphatic heterocycles. The molecule has 1 saturated carbocycles. The van der Waals surface area contributed by atoms with Gasteiger partial charge in [0.15, 0.2) is 0 Å². The topological polar surface area (TPSA) is 75.4 Å². The molecule has 3 atom stereocenters. The van der Waals surface area contributed by atoms with Crippen molar-refractivity contribution in [2.45, 2.75) is 77.2 Å². The average Bonchev–Trinajstić information content (AvgIpc) is 2.45. The average molecular weight is 298 g/mol. The van der Waals surface area contributed by atoms with E-state index >= 15 is 0 Å². The first-order valence-corrected chi connectivity index (χ1v) is 8.67. The molecule has 0 bridgehead atoms. The summed E-state index contributed by atoms with van der Waals surface area (Å²) in [6.45, 7) is 5.14. The van der Waals surface area contributed by atoms with E-state index in [2.05, 4.69) is 19.2 Å². The number of amides is 1. The lowest BCUT2D eigenvalue weighted by atomic mass is 9.76. The number of rotatable bonds is 9. The van der Waals surface area contributed by atoms with Crippen LogP contribution in [0.15, 0.2) is 0 Å². The fraction of sp³-hybridized carbons (Fsp3) is 0.941. The summed E-state index contributed by atoms with van der Waals surface area (Å²) >= 11 is 0. The highest BCUT2D eigenvalue weighted by Crippen LogP contribution is 2.32. The fourth-order valence-electron chi connectivity index (χ4n) is 3.73. The van der Waals surface area contributed by atoms with Gasteiger partial charge in [0, 0.05) is 6.42 Å². The van der Waals surface area contributed by atoms with Gasteiger partial charge in [-0.05, 0) is 44.1 Å². The number of carbonyl (C=O) groups excluding carboxylic acids is 1. The van der Waals surface area contributed by atoms with Gasteiger partial charge < -0.3 is 16.2 Å². The molecule has 0 aromatic carbocycles. The summed E-state index contributed by atoms with van der Waals surface area (Å²) in [7, 11) is 0. The van der Waals surface area contributed by atoms with Crippen LogP contribution in [0.1, 0.15) is 71.6 Å². The lowest BCUT2D eigenvalue weighted by Gasteiger charge is -2.39. The number of nitrogens with one attached hydrogen (secondary N) is 1. The Bertz CT molecular complexity index is 303. The van der Waals surface area contributed by atoms with Crippen LogP contribution in [0.5, 0.6) is 0 Å². The van der Waals surface area contributed by atoms with E-state index in [-0.39, 0.29) is 18.1 Å². The molecule has 1 aliphatic carbocycles. The highest BCUT2D eigenvalue weighted by Gasteiger charge is 2.35. The molecule has 4 nitrogen and oxygen atoms in total. The van der Waals surface area contributed by atoms with Crippen LogP contribution in [0, 0.1) is 11.8 Å². The highest BCUT2D eigenvalue weighted by atomic mass is 16.3. The molecule has 0 heterocycles. The Morgan fingerprint density at radius 3 is 2.76 bits per heavy atom. The zero-order valence-electron chi connectivity index (χ0n) is 13.9. The third-order valence-electron chi connectivity index (χ3n) is 4.85. The van der Waals surface area contributed by atoms with E-state index in [4.69, 9.17) is 5.73 Å². The van der Waals surface area contributed by atoms with Crippen LogP contribution in [0.4, 0.5) is 0 Å². The van der Waals surface area contributed by atoms with Gasteiger partial charge in [0.05, 0.1) is 12.1 Å². The van der Waals surface area contributed by atoms with Gasteiger partial charge in [-0.25, -0.2) is 0 Å². The maximum absolute atomic E-state index is 12.2. The van der Waals surface area contributed by atoms with Gasteiger partial charge in [-0.1, -0.05) is 39.5 Å². The van der Waals surface area contributed by atoms with Crippen LogP contribution in [0.2, 0.25) is 0 Å². The van der Waals surface area contributed by atoms with Gasteiger partial charge in [0.1, 0.15) is 0 Å². The maximum Gasteiger partial charge on any atom is 0.220 e. The summed E-state index contributed by atoms with van der Waals surface area (Å²) in [6, 6.07) is 0. The SMILES string of the molecule is CCCC(CCN)CCC(=O)NC1(CO)CCCC(C)C1. The third kappa shape index (κ3) is 6.35. The summed E-state index contributed by atoms with van der Waals surface area (Å²) in [4.78, 5) is 12.2. The molecule has 1 rings (SSSR count). The summed E-state index contributed by atoms with van der Waals surface area (Å²) in [6.07, 6.45) is 8.85. The van der Waals surface area contributed by atoms with Crippen LogP contribution in [-0.2, 0) is 4.79 Å². The van der Waals surface area contributed by atoms with Crippen LogP contribution >= 0.6 is 0 Å². The van der Waals surface area contributed by atoms with Gasteiger partial charge in [-0.15, -0.1) is 0 Å². The number of hydrogen-bond donors (Lipinski definition) is 3. The third-order valence-corrected chi connectivity index (χ3v) is 4.85. The van der Waals surface area contributed by atoms with E-state index in [1.165, 1.54) is 6.42 Å². The molecule has 3 unspecified atom stereocenters. The number of aliphatic hydroxyl groups excluding tert-OH is 1. The molecular weight excluding hydrogens is 264 g/mol. The van der Waals surface area contributed by atoms with Crippen LogP contribution < -0.4 is 11.1 Å². The molecular formula is C17H34N2O2. The van der Waals surface area contributed by atoms with E-state index < -0.39 is 0 Å². The molecule has 1 fully saturated rings. The predicted octanol–water partition coefficient (Wildman–Crippen LogP) is 2.59. The molecule has 0 saturated heterocycles. The van der Waals surface area contributed by atoms with Crippen LogP contribution in [0.25, 0.3) is 0 Å². The lowest BCUT2D eigenvalue weighted by Crippen LogP contribution is -2.53. The first-order valence-electron chi connectivity index (χ1n) is 8.67. The van der Waals surface area contributed by atoms with Crippen molar-refractivity contribution in [3.05, 3.63) is 0 Å². The molecule has 1 amide bonds. The minimum absolute atomic E-state index is 0.0598. The largest absolute Gasteiger partial charge is 0.394 e. The minimum Gasteiger partial charge on any atom is -0.394 e. The van der Waals surface area contributed by atoms with Crippen molar-refractivity contribution in [1.82, 2.24) is 5.32 Å². The molecule has 1 aliphatic rings. The van der Waals surface area contributed by atoms with E-state index in [1.54, 1.807) is 0 Å². The normalized spacial score (nSPS) is 27.3. The Labute approximate surface area is 129 Å². The van der Waals surface area contributed by atoms with E-state index in [1.807, 2.05) is 0 Å². The second-order valence-electron chi connectivity index (χ2n) is 6.96. The highest BCUT2D eigenvalue weighted by molar-refractivity contribution is 5.76. The Morgan fingerprint density at radius 1 is 1.43 bits per heavy atom. The van der Waals surface area contributed by atoms with Gasteiger partial charge in [0.2, 0.25) is 5.91 Å². The van der Waals surface area contributed by atoms with Crippen molar-refractivity contribution < 1.29 is 9.90 Å². The van der Waals surface area contributed by atoms with Crippen molar-refractivity contribution in [3.8, 4) is 0 Å². The number of nitrogens with two attached hydrogens (primary N) is 1. The molecule has 4 heteroatoms. The minimum atomic E-state index is -0.372. The number of aliphatic hydroxyl groups is 1. The second-order valence-corrected chi connectivity index (χ2v) is 6.96. The molecule has 124 valence electrons. The molecule has 4 N–H and O–H groups in total. The summed E-state index contributed by atoms with van der Waals surface area (Å²) in [5.41, 5.74) is 5.27. The van der Waals surface area contributed by atoms with Gasteiger partial charge >= 0.3 is 0 Å². The number of hydrogen-bond acceptors (Lipinski definition) is 3. The maximum atomic E-state index is 12.2. The lowest BCUT2D eigenvalue weighted by molar-refractivity contribution is -0.124. The molecule has 0 spiro atoms. The van der Waals surface area contributed by atoms with Gasteiger partial charge in [0.25, 0.3) is 0 Å². The molecule has 0 radical (unpaired) electrons. The van der Waals surface area contributed by atoms with Crippen molar-refractivity contribution in [2.75, 3.05) is 13.2 Å². The Hall–Kier alpha value is -0.610. The summed E-state index contributed by atoms with van der Waals surface area (Å²) in [5.74, 6) is 1.23. The zero-order chi connectivity index (χ0) is 15.7. The second kappa shape index (κ2) is 9.42. The molecule has 0 aromatic heterocycles. The smallest absolute Gasteiger partial charge is 0.220 e. The zero-order valence-corrected chi connectivity index (χ0v) is 13.9. The Balaban J connectivity index is 2.43. The quantitative estimate of drug-likeness (QED) is 0.612. The summed E-state index contributed by atoms with van der Waals surface area (Å²) in [5, 5.41) is 12.9. The van der Waals surface area contributed by atoms with E-state index in [0.717, 1.165) is 44.9 Å². The van der Waals surface area contributed by atoms with Crippen molar-refractivity contribution in [1.29, 1.82) is 0 Å². The van der Waals surface area contributed by atoms with Crippen LogP contribution in [-0.4, -0.2) is 29.7 Å². The van der Waals surface area contributed by atoms with Crippen LogP contribution in [0.3, 0.4) is 0 Å². The standard InChI is InChI=1S/C17H34N2O2/c1-3-5-15(9-11-18)7-8-16(21)19-17(13-20)10-4-6-14(2)12-17/h14-15,20H,3-13,18H2,1-2H3,(H,19,21). The van der Waals surface area contributed by atoms with E-state index in [0.29, 0.717) is 24.8 Å². The Kier molecular flexibility index (Phi) is 8.27. The Morgan fingerprint density at radius 2 is 2.19 bits per heavy atom. The van der Waals surface area contributed by atoms with Crippen molar-refractivity contribution in [2.24, 2.45) is 17.6 Å². The van der Waals surface area contributed by atoms with Crippen molar-refractivity contribution >= 4 is 5.91 Å². The molecule has 0 aromatic rings. The van der Waals surface area contributed by atoms with Crippen molar-refractivity contribution in [3.63, 3.8) is 0 Å². The molecule has 21 heavy (non-hydrogen) atoms. The predicted molar refractivity (Wildman–Crippen MR) is 86.9 cm³/mol. The first-order chi connectivity index (χ1) is 10.0. The monoisotopic (exact) mass is 298 g/mol. The van der Waals surface area contributed by atoms with Gasteiger partial charge in [-0.2, -0.15) is 0 Å². The van der Waals surface area contributed by atoms with Gasteiger partial charge in [-0.3, -0.25) is 4.79 Å². The van der Waals surface area contributed by atoms with E-state index in [9.17, 15) is 9.90 Å². The summed E-state index contributed by atoms with van der Waals surface area (Å²) < 4.78 is 0.